The van der Waals surface area contributed by atoms with Crippen LogP contribution in [0.2, 0.25) is 5.02 Å². The lowest BCUT2D eigenvalue weighted by Crippen LogP contribution is -2.24. The van der Waals surface area contributed by atoms with Crippen molar-refractivity contribution in [2.45, 2.75) is 18.9 Å². The molecular weight excluding hydrogens is 300 g/mol. The summed E-state index contributed by atoms with van der Waals surface area (Å²) in [6.07, 6.45) is 3.71. The van der Waals surface area contributed by atoms with Crippen molar-refractivity contribution < 1.29 is 4.74 Å². The fraction of sp³-hybridized carbons (Fsp3) is 0.312. The van der Waals surface area contributed by atoms with Gasteiger partial charge in [-0.25, -0.2) is 4.98 Å². The summed E-state index contributed by atoms with van der Waals surface area (Å²) in [6, 6.07) is 9.96. The molecule has 3 rings (SSSR count). The fourth-order valence-electron chi connectivity index (χ4n) is 2.88. The highest BCUT2D eigenvalue weighted by atomic mass is 35.5. The van der Waals surface area contributed by atoms with Crippen LogP contribution in [-0.4, -0.2) is 23.6 Å². The Labute approximate surface area is 134 Å². The number of aromatic nitrogens is 2. The molecule has 1 atom stereocenters. The minimum absolute atomic E-state index is 0.106. The maximum atomic E-state index is 8.92. The number of hydrogen-bond donors (Lipinski definition) is 0. The summed E-state index contributed by atoms with van der Waals surface area (Å²) in [5, 5.41) is 9.68. The molecule has 1 fully saturated rings. The summed E-state index contributed by atoms with van der Waals surface area (Å²) >= 11 is 6.35. The van der Waals surface area contributed by atoms with Crippen LogP contribution in [0.1, 0.15) is 30.3 Å². The molecule has 0 unspecified atom stereocenters. The Hall–Kier alpha value is -2.32. The molecule has 112 valence electrons. The molecule has 0 amide bonds. The lowest BCUT2D eigenvalue weighted by Gasteiger charge is -2.28. The first-order valence-electron chi connectivity index (χ1n) is 7.06. The third-order valence-corrected chi connectivity index (χ3v) is 4.20. The van der Waals surface area contributed by atoms with Crippen molar-refractivity contribution in [3.63, 3.8) is 0 Å². The molecule has 0 N–H and O–H groups in total. The highest BCUT2D eigenvalue weighted by Crippen LogP contribution is 2.41. The summed E-state index contributed by atoms with van der Waals surface area (Å²) in [6.45, 7) is 0.876. The van der Waals surface area contributed by atoms with Gasteiger partial charge in [-0.2, -0.15) is 10.2 Å². The molecule has 5 nitrogen and oxygen atoms in total. The quantitative estimate of drug-likeness (QED) is 0.869. The van der Waals surface area contributed by atoms with Crippen LogP contribution in [0.5, 0.6) is 5.88 Å². The van der Waals surface area contributed by atoms with Crippen molar-refractivity contribution in [1.82, 2.24) is 9.97 Å². The van der Waals surface area contributed by atoms with Gasteiger partial charge in [0.25, 0.3) is 0 Å². The van der Waals surface area contributed by atoms with E-state index < -0.39 is 0 Å². The van der Waals surface area contributed by atoms with Crippen molar-refractivity contribution >= 4 is 17.3 Å². The van der Waals surface area contributed by atoms with Gasteiger partial charge in [-0.1, -0.05) is 29.8 Å². The van der Waals surface area contributed by atoms with E-state index in [9.17, 15) is 0 Å². The van der Waals surface area contributed by atoms with E-state index in [4.69, 9.17) is 21.6 Å². The predicted octanol–water partition coefficient (Wildman–Crippen LogP) is 3.35. The van der Waals surface area contributed by atoms with Crippen molar-refractivity contribution in [3.05, 3.63) is 46.9 Å². The van der Waals surface area contributed by atoms with Gasteiger partial charge in [0.05, 0.1) is 19.3 Å². The number of methoxy groups -OCH3 is 1. The van der Waals surface area contributed by atoms with Crippen molar-refractivity contribution in [2.75, 3.05) is 18.6 Å². The van der Waals surface area contributed by atoms with Crippen molar-refractivity contribution in [3.8, 4) is 11.9 Å². The number of ether oxygens (including phenoxy) is 1. The monoisotopic (exact) mass is 314 g/mol. The van der Waals surface area contributed by atoms with E-state index in [1.807, 2.05) is 30.3 Å². The van der Waals surface area contributed by atoms with Gasteiger partial charge >= 0.3 is 0 Å². The average molecular weight is 315 g/mol. The van der Waals surface area contributed by atoms with Crippen LogP contribution >= 0.6 is 11.6 Å². The van der Waals surface area contributed by atoms with E-state index in [2.05, 4.69) is 14.9 Å². The maximum absolute atomic E-state index is 8.92. The molecule has 1 aliphatic rings. The Morgan fingerprint density at radius 2 is 2.23 bits per heavy atom. The molecule has 0 spiro atoms. The van der Waals surface area contributed by atoms with Crippen LogP contribution in [0.15, 0.2) is 30.5 Å². The van der Waals surface area contributed by atoms with Gasteiger partial charge in [-0.3, -0.25) is 0 Å². The van der Waals surface area contributed by atoms with Crippen LogP contribution in [-0.2, 0) is 0 Å². The van der Waals surface area contributed by atoms with Gasteiger partial charge in [-0.15, -0.1) is 0 Å². The Morgan fingerprint density at radius 1 is 1.41 bits per heavy atom. The minimum atomic E-state index is 0.106. The highest BCUT2D eigenvalue weighted by Gasteiger charge is 2.30. The first kappa shape index (κ1) is 14.6. The molecule has 0 bridgehead atoms. The number of nitriles is 1. The minimum Gasteiger partial charge on any atom is -0.479 e. The Morgan fingerprint density at radius 3 is 2.95 bits per heavy atom. The number of benzene rings is 1. The zero-order valence-corrected chi connectivity index (χ0v) is 12.9. The summed E-state index contributed by atoms with van der Waals surface area (Å²) in [7, 11) is 1.55. The number of anilines is 1. The number of nitrogens with zero attached hydrogens (tertiary/aromatic N) is 4. The average Bonchev–Trinajstić information content (AvgIpc) is 3.03. The molecule has 22 heavy (non-hydrogen) atoms. The molecule has 1 aromatic carbocycles. The second kappa shape index (κ2) is 6.20. The molecule has 0 aliphatic carbocycles. The van der Waals surface area contributed by atoms with Gasteiger partial charge in [0.15, 0.2) is 0 Å². The molecule has 2 heterocycles. The van der Waals surface area contributed by atoms with E-state index in [0.717, 1.165) is 35.7 Å². The molecule has 0 saturated carbocycles. The van der Waals surface area contributed by atoms with Crippen LogP contribution in [0.3, 0.4) is 0 Å². The molecule has 1 saturated heterocycles. The predicted molar refractivity (Wildman–Crippen MR) is 84.1 cm³/mol. The standard InChI is InChI=1S/C16H15ClN4O/c1-22-16-14(10-19-15(9-18)20-16)21-8-4-7-13(21)11-5-2-3-6-12(11)17/h2-3,5-6,10,13H,4,7-8H2,1H3/t13-/m0/s1. The Kier molecular flexibility index (Phi) is 4.12. The normalized spacial score (nSPS) is 17.3. The highest BCUT2D eigenvalue weighted by molar-refractivity contribution is 6.31. The third-order valence-electron chi connectivity index (χ3n) is 3.86. The molecule has 1 aromatic heterocycles. The maximum Gasteiger partial charge on any atom is 0.241 e. The first-order chi connectivity index (χ1) is 10.7. The Bertz CT molecular complexity index is 728. The number of rotatable bonds is 3. The van der Waals surface area contributed by atoms with Crippen LogP contribution in [0, 0.1) is 11.3 Å². The van der Waals surface area contributed by atoms with E-state index in [1.165, 1.54) is 0 Å². The van der Waals surface area contributed by atoms with Crippen LogP contribution < -0.4 is 9.64 Å². The van der Waals surface area contributed by atoms with Crippen LogP contribution in [0.4, 0.5) is 5.69 Å². The summed E-state index contributed by atoms with van der Waals surface area (Å²) in [5.74, 6) is 0.527. The molecule has 2 aromatic rings. The molecular formula is C16H15ClN4O. The summed E-state index contributed by atoms with van der Waals surface area (Å²) < 4.78 is 5.34. The smallest absolute Gasteiger partial charge is 0.241 e. The van der Waals surface area contributed by atoms with Gasteiger partial charge in [0.1, 0.15) is 11.8 Å². The number of halogens is 1. The van der Waals surface area contributed by atoms with E-state index >= 15 is 0 Å². The van der Waals surface area contributed by atoms with E-state index in [1.54, 1.807) is 13.3 Å². The zero-order valence-electron chi connectivity index (χ0n) is 12.2. The zero-order chi connectivity index (χ0) is 15.5. The molecule has 6 heteroatoms. The molecule has 1 aliphatic heterocycles. The fourth-order valence-corrected chi connectivity index (χ4v) is 3.15. The van der Waals surface area contributed by atoms with Crippen molar-refractivity contribution in [1.29, 1.82) is 5.26 Å². The third kappa shape index (κ3) is 2.58. The Balaban J connectivity index is 2.01. The molecule has 0 radical (unpaired) electrons. The largest absolute Gasteiger partial charge is 0.479 e. The van der Waals surface area contributed by atoms with Gasteiger partial charge in [0.2, 0.25) is 11.7 Å². The van der Waals surface area contributed by atoms with Crippen molar-refractivity contribution in [2.24, 2.45) is 0 Å². The van der Waals surface area contributed by atoms with E-state index in [0.29, 0.717) is 5.88 Å². The van der Waals surface area contributed by atoms with Gasteiger partial charge in [-0.05, 0) is 24.5 Å². The summed E-state index contributed by atoms with van der Waals surface area (Å²) in [4.78, 5) is 10.4. The topological polar surface area (TPSA) is 62.0 Å². The van der Waals surface area contributed by atoms with Crippen LogP contribution in [0.25, 0.3) is 0 Å². The number of hydrogen-bond acceptors (Lipinski definition) is 5. The lowest BCUT2D eigenvalue weighted by molar-refractivity contribution is 0.395. The lowest BCUT2D eigenvalue weighted by atomic mass is 10.0. The summed E-state index contributed by atoms with van der Waals surface area (Å²) in [5.41, 5.74) is 1.89. The second-order valence-electron chi connectivity index (χ2n) is 5.07. The van der Waals surface area contributed by atoms with E-state index in [-0.39, 0.29) is 11.9 Å². The first-order valence-corrected chi connectivity index (χ1v) is 7.44. The van der Waals surface area contributed by atoms with Gasteiger partial charge in [0, 0.05) is 11.6 Å². The second-order valence-corrected chi connectivity index (χ2v) is 5.48. The van der Waals surface area contributed by atoms with Gasteiger partial charge < -0.3 is 9.64 Å². The SMILES string of the molecule is COc1nc(C#N)ncc1N1CCC[C@H]1c1ccccc1Cl.